The molecule has 0 bridgehead atoms. The van der Waals surface area contributed by atoms with E-state index in [0.717, 1.165) is 0 Å². The van der Waals surface area contributed by atoms with E-state index in [1.165, 1.54) is 11.3 Å². The van der Waals surface area contributed by atoms with Crippen LogP contribution in [0.2, 0.25) is 10.0 Å². The highest BCUT2D eigenvalue weighted by molar-refractivity contribution is 7.14. The van der Waals surface area contributed by atoms with Gasteiger partial charge in [0.25, 0.3) is 5.91 Å². The molecule has 0 unspecified atom stereocenters. The van der Waals surface area contributed by atoms with Crippen molar-refractivity contribution < 1.29 is 19.5 Å². The molecule has 0 fully saturated rings. The van der Waals surface area contributed by atoms with Gasteiger partial charge >= 0.3 is 5.97 Å². The van der Waals surface area contributed by atoms with Crippen molar-refractivity contribution in [3.63, 3.8) is 0 Å². The first-order chi connectivity index (χ1) is 13.3. The minimum Gasteiger partial charge on any atom is -0.481 e. The van der Waals surface area contributed by atoms with Gasteiger partial charge in [-0.05, 0) is 42.5 Å². The average Bonchev–Trinajstić information content (AvgIpc) is 3.09. The Morgan fingerprint density at radius 3 is 2.29 bits per heavy atom. The number of hydrogen-bond donors (Lipinski definition) is 3. The number of anilines is 2. The van der Waals surface area contributed by atoms with Gasteiger partial charge in [0.1, 0.15) is 5.00 Å². The lowest BCUT2D eigenvalue weighted by molar-refractivity contribution is -0.146. The molecule has 1 aliphatic rings. The van der Waals surface area contributed by atoms with Crippen LogP contribution in [0.3, 0.4) is 0 Å². The summed E-state index contributed by atoms with van der Waals surface area (Å²) in [6, 6.07) is 6.24. The Balaban J connectivity index is 1.74. The summed E-state index contributed by atoms with van der Waals surface area (Å²) in [6.45, 7) is 0. The number of carbonyl (C=O) groups is 3. The first-order valence-electron chi connectivity index (χ1n) is 8.38. The van der Waals surface area contributed by atoms with E-state index in [-0.39, 0.29) is 5.56 Å². The molecular weight excluding hydrogens is 423 g/mol. The zero-order valence-corrected chi connectivity index (χ0v) is 16.8. The smallest absolute Gasteiger partial charge is 0.307 e. The largest absolute Gasteiger partial charge is 0.481 e. The maximum absolute atomic E-state index is 12.6. The monoisotopic (exact) mass is 438 g/mol. The van der Waals surface area contributed by atoms with Crippen molar-refractivity contribution in [3.05, 3.63) is 57.4 Å². The Morgan fingerprint density at radius 1 is 1.00 bits per heavy atom. The van der Waals surface area contributed by atoms with E-state index in [0.29, 0.717) is 33.6 Å². The van der Waals surface area contributed by atoms with E-state index < -0.39 is 29.6 Å². The summed E-state index contributed by atoms with van der Waals surface area (Å²) in [7, 11) is 0. The number of carboxylic acid groups (broad SMARTS) is 1. The number of rotatable bonds is 5. The van der Waals surface area contributed by atoms with Crippen molar-refractivity contribution in [2.24, 2.45) is 11.8 Å². The first-order valence-corrected chi connectivity index (χ1v) is 10.0. The summed E-state index contributed by atoms with van der Waals surface area (Å²) in [5.41, 5.74) is 0.696. The van der Waals surface area contributed by atoms with Gasteiger partial charge in [-0.1, -0.05) is 35.4 Å². The van der Waals surface area contributed by atoms with Crippen molar-refractivity contribution in [1.82, 2.24) is 0 Å². The second-order valence-electron chi connectivity index (χ2n) is 6.26. The number of carbonyl (C=O) groups excluding carboxylic acids is 2. The molecule has 0 saturated heterocycles. The number of benzene rings is 1. The maximum Gasteiger partial charge on any atom is 0.307 e. The van der Waals surface area contributed by atoms with Gasteiger partial charge in [0, 0.05) is 15.7 Å². The molecule has 2 aromatic rings. The van der Waals surface area contributed by atoms with Gasteiger partial charge in [-0.3, -0.25) is 14.4 Å². The van der Waals surface area contributed by atoms with Crippen LogP contribution in [-0.4, -0.2) is 22.9 Å². The van der Waals surface area contributed by atoms with Crippen molar-refractivity contribution in [1.29, 1.82) is 0 Å². The van der Waals surface area contributed by atoms with Crippen LogP contribution in [0.25, 0.3) is 0 Å². The molecule has 146 valence electrons. The Hall–Kier alpha value is -2.35. The van der Waals surface area contributed by atoms with Gasteiger partial charge in [-0.2, -0.15) is 0 Å². The second kappa shape index (κ2) is 8.77. The van der Waals surface area contributed by atoms with E-state index in [2.05, 4.69) is 10.6 Å². The second-order valence-corrected chi connectivity index (χ2v) is 8.05. The molecule has 6 nitrogen and oxygen atoms in total. The van der Waals surface area contributed by atoms with Gasteiger partial charge in [-0.25, -0.2) is 0 Å². The molecule has 1 aromatic heterocycles. The summed E-state index contributed by atoms with van der Waals surface area (Å²) in [5, 5.41) is 17.5. The fourth-order valence-corrected chi connectivity index (χ4v) is 4.30. The van der Waals surface area contributed by atoms with Crippen molar-refractivity contribution in [2.45, 2.75) is 12.8 Å². The third-order valence-corrected chi connectivity index (χ3v) is 5.62. The normalized spacial score (nSPS) is 18.5. The van der Waals surface area contributed by atoms with Crippen molar-refractivity contribution in [3.8, 4) is 0 Å². The zero-order chi connectivity index (χ0) is 20.3. The predicted molar refractivity (Wildman–Crippen MR) is 110 cm³/mol. The topological polar surface area (TPSA) is 95.5 Å². The van der Waals surface area contributed by atoms with Crippen LogP contribution in [0.5, 0.6) is 0 Å². The van der Waals surface area contributed by atoms with Crippen molar-refractivity contribution in [2.75, 3.05) is 10.6 Å². The van der Waals surface area contributed by atoms with Gasteiger partial charge in [0.2, 0.25) is 5.91 Å². The molecule has 3 N–H and O–H groups in total. The number of thiophene rings is 1. The van der Waals surface area contributed by atoms with Gasteiger partial charge < -0.3 is 15.7 Å². The standard InChI is InChI=1S/C19H16Cl2N2O4S/c20-10-7-11(21)9-12(8-10)22-17(25)15-5-6-28-18(15)23-16(24)13-3-1-2-4-14(13)19(26)27/h1-2,5-9,13-14H,3-4H2,(H,22,25)(H,23,24)(H,26,27)/t13-,14+/m1/s1. The number of amides is 2. The highest BCUT2D eigenvalue weighted by Crippen LogP contribution is 2.30. The lowest BCUT2D eigenvalue weighted by Crippen LogP contribution is -2.34. The number of carboxylic acids is 1. The molecule has 2 amide bonds. The quantitative estimate of drug-likeness (QED) is 0.577. The number of allylic oxidation sites excluding steroid dienone is 2. The maximum atomic E-state index is 12.6. The van der Waals surface area contributed by atoms with Gasteiger partial charge in [0.15, 0.2) is 0 Å². The number of aliphatic carboxylic acids is 1. The number of hydrogen-bond acceptors (Lipinski definition) is 4. The molecule has 28 heavy (non-hydrogen) atoms. The van der Waals surface area contributed by atoms with Crippen LogP contribution in [0, 0.1) is 11.8 Å². The number of nitrogens with one attached hydrogen (secondary N) is 2. The van der Waals surface area contributed by atoms with E-state index in [1.54, 1.807) is 41.8 Å². The molecular formula is C19H16Cl2N2O4S. The summed E-state index contributed by atoms with van der Waals surface area (Å²) in [6.07, 6.45) is 4.22. The predicted octanol–water partition coefficient (Wildman–Crippen LogP) is 4.91. The van der Waals surface area contributed by atoms with Gasteiger partial charge in [-0.15, -0.1) is 11.3 Å². The Labute approximate surface area is 175 Å². The van der Waals surface area contributed by atoms with E-state index in [9.17, 15) is 19.5 Å². The molecule has 0 saturated carbocycles. The van der Waals surface area contributed by atoms with E-state index >= 15 is 0 Å². The molecule has 9 heteroatoms. The Bertz CT molecular complexity index is 937. The van der Waals surface area contributed by atoms with Crippen molar-refractivity contribution >= 4 is 63.0 Å². The molecule has 1 aliphatic carbocycles. The minimum absolute atomic E-state index is 0.271. The summed E-state index contributed by atoms with van der Waals surface area (Å²) in [4.78, 5) is 36.6. The average molecular weight is 439 g/mol. The lowest BCUT2D eigenvalue weighted by Gasteiger charge is -2.24. The van der Waals surface area contributed by atoms with Crippen LogP contribution in [0.4, 0.5) is 10.7 Å². The summed E-state index contributed by atoms with van der Waals surface area (Å²) in [5.74, 6) is -3.33. The zero-order valence-electron chi connectivity index (χ0n) is 14.4. The van der Waals surface area contributed by atoms with Crippen LogP contribution < -0.4 is 10.6 Å². The fourth-order valence-electron chi connectivity index (χ4n) is 2.99. The minimum atomic E-state index is -1.01. The molecule has 3 rings (SSSR count). The van der Waals surface area contributed by atoms with Crippen LogP contribution in [0.15, 0.2) is 41.8 Å². The molecule has 1 heterocycles. The summed E-state index contributed by atoms with van der Waals surface area (Å²) >= 11 is 13.1. The fraction of sp³-hybridized carbons (Fsp3) is 0.211. The van der Waals surface area contributed by atoms with Crippen LogP contribution in [0.1, 0.15) is 23.2 Å². The number of halogens is 2. The molecule has 0 radical (unpaired) electrons. The highest BCUT2D eigenvalue weighted by atomic mass is 35.5. The SMILES string of the molecule is O=C(Nc1cc(Cl)cc(Cl)c1)c1ccsc1NC(=O)[C@@H]1CC=CC[C@@H]1C(=O)O. The third-order valence-electron chi connectivity index (χ3n) is 4.35. The van der Waals surface area contributed by atoms with Gasteiger partial charge in [0.05, 0.1) is 17.4 Å². The van der Waals surface area contributed by atoms with Crippen LogP contribution in [-0.2, 0) is 9.59 Å². The molecule has 0 spiro atoms. The first kappa shape index (κ1) is 20.4. The molecule has 1 aromatic carbocycles. The highest BCUT2D eigenvalue weighted by Gasteiger charge is 2.34. The lowest BCUT2D eigenvalue weighted by atomic mass is 9.82. The van der Waals surface area contributed by atoms with E-state index in [1.807, 2.05) is 0 Å². The Kier molecular flexibility index (Phi) is 6.39. The summed E-state index contributed by atoms with van der Waals surface area (Å²) < 4.78 is 0. The third kappa shape index (κ3) is 4.73. The van der Waals surface area contributed by atoms with E-state index in [4.69, 9.17) is 23.2 Å². The van der Waals surface area contributed by atoms with Crippen LogP contribution >= 0.6 is 34.5 Å². The Morgan fingerprint density at radius 2 is 1.64 bits per heavy atom. The molecule has 0 aliphatic heterocycles. The molecule has 2 atom stereocenters.